The smallest absolute Gasteiger partial charge is 0.259 e. The van der Waals surface area contributed by atoms with Crippen molar-refractivity contribution < 1.29 is 9.90 Å². The first-order valence-corrected chi connectivity index (χ1v) is 9.50. The topological polar surface area (TPSA) is 49.3 Å². The maximum absolute atomic E-state index is 12.0. The zero-order valence-electron chi connectivity index (χ0n) is 14.0. The summed E-state index contributed by atoms with van der Waals surface area (Å²) in [6.07, 6.45) is 9.51. The summed E-state index contributed by atoms with van der Waals surface area (Å²) in [5, 5.41) is 12.7. The second-order valence-corrected chi connectivity index (χ2v) is 7.19. The van der Waals surface area contributed by atoms with E-state index in [0.717, 1.165) is 8.95 Å². The van der Waals surface area contributed by atoms with E-state index >= 15 is 0 Å². The van der Waals surface area contributed by atoms with E-state index in [-0.39, 0.29) is 11.3 Å². The molecule has 0 saturated carbocycles. The van der Waals surface area contributed by atoms with Gasteiger partial charge in [-0.3, -0.25) is 4.79 Å². The summed E-state index contributed by atoms with van der Waals surface area (Å²) in [5.41, 5.74) is 0.731. The van der Waals surface area contributed by atoms with Crippen molar-refractivity contribution in [1.82, 2.24) is 0 Å². The number of carbonyl (C=O) groups is 1. The predicted octanol–water partition coefficient (Wildman–Crippen LogP) is 7.13. The second kappa shape index (κ2) is 11.7. The normalized spacial score (nSPS) is 10.5. The molecule has 0 aromatic heterocycles. The number of anilines is 1. The zero-order chi connectivity index (χ0) is 19.5. The van der Waals surface area contributed by atoms with E-state index < -0.39 is 5.91 Å². The number of halogens is 3. The lowest BCUT2D eigenvalue weighted by molar-refractivity contribution is 0.102. The standard InChI is InChI=1S/C13H8Br2ClNO2.C7H10/c14-7-3-8(15)5-10(4-7)17-13(19)11-6-9(16)1-2-12(11)18;1-3-5-7-6-4-2/h1-6,18H,(H,17,19);3-7H,1H2,2H3/b;6-4-,7-5-. The Morgan fingerprint density at radius 1 is 1.12 bits per heavy atom. The van der Waals surface area contributed by atoms with Crippen LogP contribution in [0.4, 0.5) is 5.69 Å². The predicted molar refractivity (Wildman–Crippen MR) is 117 cm³/mol. The van der Waals surface area contributed by atoms with Crippen LogP contribution in [0.1, 0.15) is 17.3 Å². The number of rotatable bonds is 4. The van der Waals surface area contributed by atoms with Gasteiger partial charge in [0.25, 0.3) is 5.91 Å². The Balaban J connectivity index is 0.000000412. The molecular weight excluding hydrogens is 481 g/mol. The number of allylic oxidation sites excluding steroid dienone is 5. The number of nitrogens with one attached hydrogen (secondary N) is 1. The third-order valence-corrected chi connectivity index (χ3v) is 4.03. The fourth-order valence-electron chi connectivity index (χ4n) is 1.77. The van der Waals surface area contributed by atoms with Gasteiger partial charge in [-0.1, -0.05) is 80.4 Å². The van der Waals surface area contributed by atoms with E-state index in [0.29, 0.717) is 10.7 Å². The van der Waals surface area contributed by atoms with Crippen LogP contribution >= 0.6 is 43.5 Å². The van der Waals surface area contributed by atoms with Crippen molar-refractivity contribution in [2.75, 3.05) is 5.32 Å². The van der Waals surface area contributed by atoms with Crippen LogP contribution in [0.3, 0.4) is 0 Å². The molecule has 2 aromatic rings. The molecule has 6 heteroatoms. The largest absolute Gasteiger partial charge is 0.507 e. The molecule has 3 nitrogen and oxygen atoms in total. The molecule has 0 atom stereocenters. The van der Waals surface area contributed by atoms with Crippen LogP contribution in [0.2, 0.25) is 5.02 Å². The highest BCUT2D eigenvalue weighted by atomic mass is 79.9. The maximum atomic E-state index is 12.0. The number of phenolic OH excluding ortho intramolecular Hbond substituents is 1. The lowest BCUT2D eigenvalue weighted by atomic mass is 10.2. The second-order valence-electron chi connectivity index (χ2n) is 4.92. The molecule has 0 radical (unpaired) electrons. The third-order valence-electron chi connectivity index (χ3n) is 2.87. The molecule has 2 aromatic carbocycles. The number of amides is 1. The maximum Gasteiger partial charge on any atom is 0.259 e. The molecule has 2 rings (SSSR count). The Morgan fingerprint density at radius 2 is 1.77 bits per heavy atom. The van der Waals surface area contributed by atoms with Gasteiger partial charge in [0.2, 0.25) is 0 Å². The lowest BCUT2D eigenvalue weighted by Gasteiger charge is -2.08. The van der Waals surface area contributed by atoms with Crippen molar-refractivity contribution in [2.45, 2.75) is 6.92 Å². The first kappa shape index (κ1) is 22.2. The summed E-state index contributed by atoms with van der Waals surface area (Å²) in [5.74, 6) is -0.541. The Kier molecular flexibility index (Phi) is 10.0. The molecule has 1 amide bonds. The Hall–Kier alpha value is -1.82. The fraction of sp³-hybridized carbons (Fsp3) is 0.0500. The Morgan fingerprint density at radius 3 is 2.35 bits per heavy atom. The van der Waals surface area contributed by atoms with Gasteiger partial charge >= 0.3 is 0 Å². The number of hydrogen-bond donors (Lipinski definition) is 2. The number of hydrogen-bond acceptors (Lipinski definition) is 2. The quantitative estimate of drug-likeness (QED) is 0.440. The van der Waals surface area contributed by atoms with Gasteiger partial charge in [-0.25, -0.2) is 0 Å². The van der Waals surface area contributed by atoms with Gasteiger partial charge in [-0.15, -0.1) is 0 Å². The molecular formula is C20H18Br2ClNO2. The molecule has 0 fully saturated rings. The number of aromatic hydroxyl groups is 1. The highest BCUT2D eigenvalue weighted by Crippen LogP contribution is 2.26. The van der Waals surface area contributed by atoms with Crippen LogP contribution in [-0.2, 0) is 0 Å². The third kappa shape index (κ3) is 8.04. The minimum Gasteiger partial charge on any atom is -0.507 e. The highest BCUT2D eigenvalue weighted by molar-refractivity contribution is 9.11. The Labute approximate surface area is 175 Å². The number of benzene rings is 2. The molecule has 136 valence electrons. The van der Waals surface area contributed by atoms with Gasteiger partial charge in [0.1, 0.15) is 5.75 Å². The van der Waals surface area contributed by atoms with Crippen molar-refractivity contribution in [1.29, 1.82) is 0 Å². The van der Waals surface area contributed by atoms with Crippen LogP contribution < -0.4 is 5.32 Å². The molecule has 0 saturated heterocycles. The van der Waals surface area contributed by atoms with Gasteiger partial charge in [-0.05, 0) is 43.3 Å². The van der Waals surface area contributed by atoms with Crippen LogP contribution in [0.15, 0.2) is 82.3 Å². The van der Waals surface area contributed by atoms with E-state index in [4.69, 9.17) is 11.6 Å². The van der Waals surface area contributed by atoms with Crippen molar-refractivity contribution in [3.63, 3.8) is 0 Å². The Bertz CT molecular complexity index is 812. The van der Waals surface area contributed by atoms with Crippen LogP contribution in [0, 0.1) is 0 Å². The van der Waals surface area contributed by atoms with Crippen molar-refractivity contribution >= 4 is 55.1 Å². The summed E-state index contributed by atoms with van der Waals surface area (Å²) < 4.78 is 1.65. The molecule has 26 heavy (non-hydrogen) atoms. The van der Waals surface area contributed by atoms with E-state index in [1.165, 1.54) is 18.2 Å². The summed E-state index contributed by atoms with van der Waals surface area (Å²) >= 11 is 12.5. The van der Waals surface area contributed by atoms with Crippen LogP contribution in [0.25, 0.3) is 0 Å². The molecule has 0 spiro atoms. The molecule has 0 aliphatic carbocycles. The molecule has 0 unspecified atom stereocenters. The van der Waals surface area contributed by atoms with Gasteiger partial charge in [0.05, 0.1) is 5.56 Å². The number of phenols is 1. The minimum absolute atomic E-state index is 0.115. The van der Waals surface area contributed by atoms with Crippen molar-refractivity contribution in [2.24, 2.45) is 0 Å². The summed E-state index contributed by atoms with van der Waals surface area (Å²) in [6.45, 7) is 5.49. The van der Waals surface area contributed by atoms with E-state index in [2.05, 4.69) is 43.8 Å². The van der Waals surface area contributed by atoms with Crippen LogP contribution in [-0.4, -0.2) is 11.0 Å². The van der Waals surface area contributed by atoms with Crippen molar-refractivity contribution in [3.8, 4) is 5.75 Å². The highest BCUT2D eigenvalue weighted by Gasteiger charge is 2.12. The monoisotopic (exact) mass is 497 g/mol. The SMILES string of the molecule is C=C/C=C\C=C/C.O=C(Nc1cc(Br)cc(Br)c1)c1cc(Cl)ccc1O. The minimum atomic E-state index is -0.426. The molecule has 0 aliphatic heterocycles. The number of carbonyl (C=O) groups excluding carboxylic acids is 1. The fourth-order valence-corrected chi connectivity index (χ4v) is 3.23. The average Bonchev–Trinajstić information content (AvgIpc) is 2.57. The van der Waals surface area contributed by atoms with Gasteiger partial charge in [0.15, 0.2) is 0 Å². The first-order valence-electron chi connectivity index (χ1n) is 7.53. The van der Waals surface area contributed by atoms with Crippen molar-refractivity contribution in [3.05, 3.63) is 92.9 Å². The first-order chi connectivity index (χ1) is 12.4. The van der Waals surface area contributed by atoms with Gasteiger partial charge in [0, 0.05) is 19.7 Å². The van der Waals surface area contributed by atoms with E-state index in [9.17, 15) is 9.90 Å². The van der Waals surface area contributed by atoms with E-state index in [1.54, 1.807) is 18.2 Å². The van der Waals surface area contributed by atoms with Gasteiger partial charge < -0.3 is 10.4 Å². The summed E-state index contributed by atoms with van der Waals surface area (Å²) in [6, 6.07) is 9.68. The molecule has 0 aliphatic rings. The van der Waals surface area contributed by atoms with Gasteiger partial charge in [-0.2, -0.15) is 0 Å². The van der Waals surface area contributed by atoms with E-state index in [1.807, 2.05) is 37.3 Å². The molecule has 2 N–H and O–H groups in total. The van der Waals surface area contributed by atoms with Crippen LogP contribution in [0.5, 0.6) is 5.75 Å². The molecule has 0 bridgehead atoms. The summed E-state index contributed by atoms with van der Waals surface area (Å²) in [7, 11) is 0. The molecule has 0 heterocycles. The zero-order valence-corrected chi connectivity index (χ0v) is 18.0. The average molecular weight is 500 g/mol. The lowest BCUT2D eigenvalue weighted by Crippen LogP contribution is -2.12. The summed E-state index contributed by atoms with van der Waals surface area (Å²) in [4.78, 5) is 12.0.